The Morgan fingerprint density at radius 2 is 1.89 bits per heavy atom. The van der Waals surface area contributed by atoms with Crippen LogP contribution in [0.5, 0.6) is 0 Å². The topological polar surface area (TPSA) is 126 Å². The van der Waals surface area contributed by atoms with Crippen LogP contribution >= 0.6 is 11.3 Å². The molecule has 1 aliphatic heterocycles. The lowest BCUT2D eigenvalue weighted by Crippen LogP contribution is -2.35. The Morgan fingerprint density at radius 1 is 1.04 bits per heavy atom. The summed E-state index contributed by atoms with van der Waals surface area (Å²) in [5.41, 5.74) is 7.41. The molecule has 4 aromatic heterocycles. The number of nitrogens with one attached hydrogen (secondary N) is 1. The van der Waals surface area contributed by atoms with Crippen molar-refractivity contribution in [2.75, 3.05) is 11.4 Å². The molecule has 1 fully saturated rings. The molecule has 47 heavy (non-hydrogen) atoms. The normalized spacial score (nSPS) is 18.3. The summed E-state index contributed by atoms with van der Waals surface area (Å²) in [6.07, 6.45) is 12.7. The van der Waals surface area contributed by atoms with Crippen LogP contribution in [0.2, 0.25) is 0 Å². The number of fused-ring (bicyclic) bond motifs is 1. The fourth-order valence-corrected chi connectivity index (χ4v) is 7.75. The van der Waals surface area contributed by atoms with Crippen molar-refractivity contribution in [3.63, 3.8) is 0 Å². The van der Waals surface area contributed by atoms with Gasteiger partial charge in [-0.15, -0.1) is 11.3 Å². The Kier molecular flexibility index (Phi) is 9.02. The van der Waals surface area contributed by atoms with E-state index in [1.165, 1.54) is 4.88 Å². The number of amides is 1. The number of aryl methyl sites for hydroxylation is 1. The highest BCUT2D eigenvalue weighted by molar-refractivity contribution is 7.09. The van der Waals surface area contributed by atoms with E-state index in [0.717, 1.165) is 91.3 Å². The lowest BCUT2D eigenvalue weighted by Gasteiger charge is -2.33. The van der Waals surface area contributed by atoms with Crippen LogP contribution in [0.3, 0.4) is 0 Å². The van der Waals surface area contributed by atoms with Crippen LogP contribution in [0, 0.1) is 23.2 Å². The molecule has 7 rings (SSSR count). The number of thiazole rings is 1. The van der Waals surface area contributed by atoms with Crippen molar-refractivity contribution < 1.29 is 4.79 Å². The zero-order valence-electron chi connectivity index (χ0n) is 26.4. The number of carbonyl (C=O) groups excluding carboxylic acids is 1. The molecule has 1 N–H and O–H groups in total. The van der Waals surface area contributed by atoms with Crippen LogP contribution in [0.15, 0.2) is 72.8 Å². The SMILES string of the molecule is Cn1cc(-c2ccc(C(C(=O)NCc3ccccc3)[C@H]3CC[C@H](Cc4ncc(C#N)c(N5CCc6ncsc6C5)n4)CC3)nc2)cn1. The summed E-state index contributed by atoms with van der Waals surface area (Å²) < 4.78 is 1.77. The summed E-state index contributed by atoms with van der Waals surface area (Å²) in [5, 5.41) is 17.3. The van der Waals surface area contributed by atoms with E-state index in [1.807, 2.05) is 73.6 Å². The molecule has 0 saturated heterocycles. The first kappa shape index (κ1) is 30.7. The summed E-state index contributed by atoms with van der Waals surface area (Å²) in [5.74, 6) is 1.78. The highest BCUT2D eigenvalue weighted by atomic mass is 32.1. The number of aromatic nitrogens is 6. The van der Waals surface area contributed by atoms with Gasteiger partial charge < -0.3 is 10.2 Å². The van der Waals surface area contributed by atoms with E-state index in [1.54, 1.807) is 22.2 Å². The molecule has 10 nitrogen and oxygen atoms in total. The van der Waals surface area contributed by atoms with E-state index < -0.39 is 0 Å². The molecule has 5 aromatic rings. The number of rotatable bonds is 9. The molecule has 1 amide bonds. The van der Waals surface area contributed by atoms with Gasteiger partial charge in [-0.05, 0) is 49.1 Å². The largest absolute Gasteiger partial charge is 0.351 e. The molecule has 1 aliphatic carbocycles. The molecule has 1 unspecified atom stereocenters. The minimum atomic E-state index is -0.337. The lowest BCUT2D eigenvalue weighted by molar-refractivity contribution is -0.124. The third-order valence-corrected chi connectivity index (χ3v) is 10.3. The fraction of sp³-hybridized carbons (Fsp3) is 0.361. The lowest BCUT2D eigenvalue weighted by atomic mass is 9.73. The molecule has 1 saturated carbocycles. The van der Waals surface area contributed by atoms with Crippen LogP contribution < -0.4 is 10.2 Å². The van der Waals surface area contributed by atoms with Crippen LogP contribution in [0.4, 0.5) is 5.82 Å². The number of pyridine rings is 1. The van der Waals surface area contributed by atoms with E-state index in [-0.39, 0.29) is 17.7 Å². The second-order valence-corrected chi connectivity index (χ2v) is 13.5. The zero-order valence-corrected chi connectivity index (χ0v) is 27.2. The van der Waals surface area contributed by atoms with Gasteiger partial charge in [-0.2, -0.15) is 10.4 Å². The van der Waals surface area contributed by atoms with Crippen molar-refractivity contribution in [1.82, 2.24) is 35.0 Å². The van der Waals surface area contributed by atoms with E-state index in [9.17, 15) is 10.1 Å². The number of nitrogens with zero attached hydrogens (tertiary/aromatic N) is 8. The van der Waals surface area contributed by atoms with E-state index in [4.69, 9.17) is 9.97 Å². The van der Waals surface area contributed by atoms with Crippen molar-refractivity contribution in [2.45, 2.75) is 57.5 Å². The van der Waals surface area contributed by atoms with Crippen LogP contribution in [0.25, 0.3) is 11.1 Å². The van der Waals surface area contributed by atoms with E-state index >= 15 is 0 Å². The van der Waals surface area contributed by atoms with E-state index in [2.05, 4.69) is 31.4 Å². The second kappa shape index (κ2) is 13.8. The number of anilines is 1. The maximum absolute atomic E-state index is 13.8. The Bertz CT molecular complexity index is 1870. The third-order valence-electron chi connectivity index (χ3n) is 9.49. The minimum absolute atomic E-state index is 0.0182. The predicted octanol–water partition coefficient (Wildman–Crippen LogP) is 5.61. The molecule has 5 heterocycles. The Balaban J connectivity index is 1.04. The average Bonchev–Trinajstić information content (AvgIpc) is 3.77. The molecular weight excluding hydrogens is 607 g/mol. The van der Waals surface area contributed by atoms with Gasteiger partial charge in [0.2, 0.25) is 5.91 Å². The molecule has 2 aliphatic rings. The zero-order chi connectivity index (χ0) is 32.2. The Hall–Kier alpha value is -4.95. The number of hydrogen-bond donors (Lipinski definition) is 1. The van der Waals surface area contributed by atoms with Gasteiger partial charge in [0.1, 0.15) is 17.5 Å². The number of hydrogen-bond acceptors (Lipinski definition) is 9. The van der Waals surface area contributed by atoms with Crippen molar-refractivity contribution in [1.29, 1.82) is 5.26 Å². The highest BCUT2D eigenvalue weighted by Crippen LogP contribution is 2.39. The van der Waals surface area contributed by atoms with Crippen LogP contribution in [0.1, 0.15) is 64.8 Å². The Morgan fingerprint density at radius 3 is 2.64 bits per heavy atom. The van der Waals surface area contributed by atoms with Gasteiger partial charge in [-0.1, -0.05) is 36.4 Å². The van der Waals surface area contributed by atoms with Gasteiger partial charge in [0.25, 0.3) is 0 Å². The molecule has 0 radical (unpaired) electrons. The molecule has 0 spiro atoms. The van der Waals surface area contributed by atoms with Gasteiger partial charge in [0.15, 0.2) is 5.82 Å². The minimum Gasteiger partial charge on any atom is -0.351 e. The maximum atomic E-state index is 13.8. The molecule has 1 aromatic carbocycles. The van der Waals surface area contributed by atoms with Crippen molar-refractivity contribution in [3.05, 3.63) is 106 Å². The standard InChI is InChI=1S/C36H37N9OS/c1-44-21-29(20-42-44)27-11-12-31(38-18-27)34(36(46)40-17-25-5-3-2-4-6-25)26-9-7-24(8-10-26)15-33-39-19-28(16-37)35(43-33)45-14-13-30-32(22-45)47-23-41-30/h2-6,11-12,18-21,23-24,26,34H,7-10,13-15,17,22H2,1H3,(H,40,46)/t24-,26-,34?. The van der Waals surface area contributed by atoms with Crippen molar-refractivity contribution in [2.24, 2.45) is 18.9 Å². The first-order valence-corrected chi connectivity index (χ1v) is 17.1. The summed E-state index contributed by atoms with van der Waals surface area (Å²) in [6.45, 7) is 2.00. The maximum Gasteiger partial charge on any atom is 0.229 e. The summed E-state index contributed by atoms with van der Waals surface area (Å²) in [4.78, 5) is 36.1. The van der Waals surface area contributed by atoms with Crippen LogP contribution in [-0.2, 0) is 37.8 Å². The van der Waals surface area contributed by atoms with Crippen molar-refractivity contribution in [3.8, 4) is 17.2 Å². The third kappa shape index (κ3) is 6.93. The van der Waals surface area contributed by atoms with Gasteiger partial charge in [0, 0.05) is 61.4 Å². The fourth-order valence-electron chi connectivity index (χ4n) is 6.93. The average molecular weight is 644 g/mol. The first-order valence-electron chi connectivity index (χ1n) is 16.2. The quantitative estimate of drug-likeness (QED) is 0.220. The smallest absolute Gasteiger partial charge is 0.229 e. The number of carbonyl (C=O) groups is 1. The van der Waals surface area contributed by atoms with E-state index in [0.29, 0.717) is 18.0 Å². The summed E-state index contributed by atoms with van der Waals surface area (Å²) >= 11 is 1.66. The van der Waals surface area contributed by atoms with Gasteiger partial charge in [-0.3, -0.25) is 14.5 Å². The van der Waals surface area contributed by atoms with Crippen molar-refractivity contribution >= 4 is 23.1 Å². The van der Waals surface area contributed by atoms with Gasteiger partial charge in [-0.25, -0.2) is 15.0 Å². The first-order chi connectivity index (χ1) is 23.0. The predicted molar refractivity (Wildman–Crippen MR) is 180 cm³/mol. The molecular formula is C36H37N9OS. The number of nitriles is 1. The number of benzene rings is 1. The molecule has 0 bridgehead atoms. The van der Waals surface area contributed by atoms with Gasteiger partial charge in [0.05, 0.1) is 41.8 Å². The molecule has 11 heteroatoms. The highest BCUT2D eigenvalue weighted by Gasteiger charge is 2.35. The molecule has 238 valence electrons. The monoisotopic (exact) mass is 643 g/mol. The second-order valence-electron chi connectivity index (χ2n) is 12.6. The van der Waals surface area contributed by atoms with Gasteiger partial charge >= 0.3 is 0 Å². The summed E-state index contributed by atoms with van der Waals surface area (Å²) in [7, 11) is 1.90. The summed E-state index contributed by atoms with van der Waals surface area (Å²) in [6, 6.07) is 16.4. The van der Waals surface area contributed by atoms with Crippen LogP contribution in [-0.4, -0.2) is 42.2 Å². The molecule has 1 atom stereocenters. The Labute approximate surface area is 278 Å².